The van der Waals surface area contributed by atoms with Crippen molar-refractivity contribution in [1.29, 1.82) is 0 Å². The van der Waals surface area contributed by atoms with Gasteiger partial charge in [0.05, 0.1) is 54.2 Å². The minimum Gasteiger partial charge on any atom is -1.00 e. The zero-order valence-electron chi connectivity index (χ0n) is 25.4. The second kappa shape index (κ2) is 27.6. The Kier molecular flexibility index (Phi) is 29.2. The number of likely N-dealkylation sites (N-methyl/N-ethyl adjacent to an activating group) is 1. The van der Waals surface area contributed by atoms with E-state index in [0.29, 0.717) is 33.0 Å². The number of hydrogen-bond acceptors (Lipinski definition) is 5. The van der Waals surface area contributed by atoms with Crippen LogP contribution >= 0.6 is 0 Å². The van der Waals surface area contributed by atoms with E-state index >= 15 is 0 Å². The van der Waals surface area contributed by atoms with Crippen molar-refractivity contribution in [2.75, 3.05) is 73.9 Å². The monoisotopic (exact) mass is 553 g/mol. The average molecular weight is 554 g/mol. The van der Waals surface area contributed by atoms with Crippen LogP contribution in [-0.2, 0) is 18.9 Å². The zero-order valence-corrected chi connectivity index (χ0v) is 26.1. The van der Waals surface area contributed by atoms with E-state index in [2.05, 4.69) is 28.1 Å². The molecule has 1 atom stereocenters. The molecule has 37 heavy (non-hydrogen) atoms. The molecule has 226 valence electrons. The van der Waals surface area contributed by atoms with Crippen molar-refractivity contribution in [2.45, 2.75) is 122 Å². The number of ether oxygens (including phenoxy) is 4. The summed E-state index contributed by atoms with van der Waals surface area (Å²) in [6.45, 7) is 8.42. The fourth-order valence-corrected chi connectivity index (χ4v) is 4.04. The first-order valence-electron chi connectivity index (χ1n) is 15.2. The molecule has 0 aromatic carbocycles. The van der Waals surface area contributed by atoms with Crippen LogP contribution < -0.4 is 12.4 Å². The van der Waals surface area contributed by atoms with Crippen molar-refractivity contribution in [3.05, 3.63) is 0 Å². The van der Waals surface area contributed by atoms with Crippen LogP contribution in [0, 0.1) is 0 Å². The number of unbranched alkanes of at least 4 members (excludes halogenated alkanes) is 15. The molecule has 0 rings (SSSR count). The van der Waals surface area contributed by atoms with Crippen LogP contribution in [0.1, 0.15) is 117 Å². The first-order chi connectivity index (χ1) is 17.3. The van der Waals surface area contributed by atoms with Crippen LogP contribution in [-0.4, -0.2) is 89.3 Å². The van der Waals surface area contributed by atoms with E-state index in [-0.39, 0.29) is 19.0 Å². The Hall–Kier alpha value is 0.0500. The molecule has 0 saturated heterocycles. The molecule has 0 radical (unpaired) electrons. The van der Waals surface area contributed by atoms with E-state index in [1.807, 2.05) is 0 Å². The van der Waals surface area contributed by atoms with Crippen molar-refractivity contribution in [3.8, 4) is 0 Å². The standard InChI is InChI=1S/C30H64NO5.ClH/c1-6-7-8-9-10-11-12-13-14-15-16-17-18-19-20-21-23-35-29-30(2,32)36-28-27-34-26-25-33-24-22-31(3,4)5;/h32H,6-29H2,1-5H3;1H/q+1;/p-1. The Bertz CT molecular complexity index is 446. The van der Waals surface area contributed by atoms with Crippen LogP contribution in [0.2, 0.25) is 0 Å². The van der Waals surface area contributed by atoms with Gasteiger partial charge in [0.2, 0.25) is 0 Å². The molecule has 0 bridgehead atoms. The fraction of sp³-hybridized carbons (Fsp3) is 1.00. The molecule has 7 heteroatoms. The molecular formula is C30H64ClNO5. The zero-order chi connectivity index (χ0) is 26.8. The van der Waals surface area contributed by atoms with Gasteiger partial charge in [0.15, 0.2) is 5.79 Å². The third-order valence-corrected chi connectivity index (χ3v) is 6.43. The molecule has 0 spiro atoms. The van der Waals surface area contributed by atoms with E-state index in [1.165, 1.54) is 96.3 Å². The molecule has 0 aromatic heterocycles. The van der Waals surface area contributed by atoms with E-state index < -0.39 is 5.79 Å². The summed E-state index contributed by atoms with van der Waals surface area (Å²) >= 11 is 0. The normalized spacial score (nSPS) is 13.5. The van der Waals surface area contributed by atoms with Crippen LogP contribution in [0.5, 0.6) is 0 Å². The highest BCUT2D eigenvalue weighted by molar-refractivity contribution is 4.58. The van der Waals surface area contributed by atoms with Crippen LogP contribution in [0.25, 0.3) is 0 Å². The molecule has 0 aromatic rings. The summed E-state index contributed by atoms with van der Waals surface area (Å²) < 4.78 is 23.1. The Morgan fingerprint density at radius 3 is 1.41 bits per heavy atom. The number of rotatable bonds is 29. The molecule has 1 N–H and O–H groups in total. The first kappa shape index (κ1) is 39.2. The van der Waals surface area contributed by atoms with Crippen LogP contribution in [0.15, 0.2) is 0 Å². The average Bonchev–Trinajstić information content (AvgIpc) is 2.81. The Morgan fingerprint density at radius 1 is 0.541 bits per heavy atom. The number of nitrogens with zero attached hydrogens (tertiary/aromatic N) is 1. The number of quaternary nitrogens is 1. The largest absolute Gasteiger partial charge is 1.00 e. The lowest BCUT2D eigenvalue weighted by Crippen LogP contribution is -3.00. The smallest absolute Gasteiger partial charge is 0.186 e. The van der Waals surface area contributed by atoms with Crippen LogP contribution in [0.3, 0.4) is 0 Å². The van der Waals surface area contributed by atoms with Gasteiger partial charge in [-0.1, -0.05) is 103 Å². The lowest BCUT2D eigenvalue weighted by Gasteiger charge is -2.24. The first-order valence-corrected chi connectivity index (χ1v) is 15.2. The van der Waals surface area contributed by atoms with E-state index in [1.54, 1.807) is 6.92 Å². The van der Waals surface area contributed by atoms with Gasteiger partial charge in [-0.2, -0.15) is 0 Å². The van der Waals surface area contributed by atoms with Gasteiger partial charge in [-0.05, 0) is 13.3 Å². The summed E-state index contributed by atoms with van der Waals surface area (Å²) in [5, 5.41) is 10.3. The third-order valence-electron chi connectivity index (χ3n) is 6.43. The molecule has 0 aliphatic rings. The highest BCUT2D eigenvalue weighted by Gasteiger charge is 2.20. The molecular weight excluding hydrogens is 490 g/mol. The second-order valence-corrected chi connectivity index (χ2v) is 11.6. The van der Waals surface area contributed by atoms with Gasteiger partial charge in [0.25, 0.3) is 0 Å². The summed E-state index contributed by atoms with van der Waals surface area (Å²) in [7, 11) is 6.44. The van der Waals surface area contributed by atoms with Crippen molar-refractivity contribution in [2.24, 2.45) is 0 Å². The Labute approximate surface area is 237 Å². The highest BCUT2D eigenvalue weighted by Crippen LogP contribution is 2.14. The minimum atomic E-state index is -1.26. The predicted molar refractivity (Wildman–Crippen MR) is 151 cm³/mol. The van der Waals surface area contributed by atoms with Crippen molar-refractivity contribution >= 4 is 0 Å². The second-order valence-electron chi connectivity index (χ2n) is 11.6. The van der Waals surface area contributed by atoms with E-state index in [4.69, 9.17) is 18.9 Å². The van der Waals surface area contributed by atoms with Crippen molar-refractivity contribution in [3.63, 3.8) is 0 Å². The molecule has 1 unspecified atom stereocenters. The lowest BCUT2D eigenvalue weighted by molar-refractivity contribution is -0.870. The third kappa shape index (κ3) is 34.0. The molecule has 0 amide bonds. The molecule has 0 fully saturated rings. The maximum absolute atomic E-state index is 10.3. The van der Waals surface area contributed by atoms with Gasteiger partial charge in [-0.25, -0.2) is 0 Å². The van der Waals surface area contributed by atoms with Gasteiger partial charge >= 0.3 is 0 Å². The summed E-state index contributed by atoms with van der Waals surface area (Å²) in [5.74, 6) is -1.26. The van der Waals surface area contributed by atoms with Gasteiger partial charge < -0.3 is 40.9 Å². The summed E-state index contributed by atoms with van der Waals surface area (Å²) in [6.07, 6.45) is 21.8. The predicted octanol–water partition coefficient (Wildman–Crippen LogP) is 3.73. The Morgan fingerprint density at radius 2 is 0.946 bits per heavy atom. The molecule has 0 aliphatic carbocycles. The molecule has 0 heterocycles. The summed E-state index contributed by atoms with van der Waals surface area (Å²) in [4.78, 5) is 0. The SMILES string of the molecule is CCCCCCCCCCCCCCCCCCOCC(C)(O)OCCOCCOCC[N+](C)(C)C.[Cl-]. The number of hydrogen-bond donors (Lipinski definition) is 1. The maximum atomic E-state index is 10.3. The number of halogens is 1. The van der Waals surface area contributed by atoms with Crippen LogP contribution in [0.4, 0.5) is 0 Å². The lowest BCUT2D eigenvalue weighted by atomic mass is 10.0. The topological polar surface area (TPSA) is 57.2 Å². The highest BCUT2D eigenvalue weighted by atomic mass is 35.5. The van der Waals surface area contributed by atoms with E-state index in [9.17, 15) is 5.11 Å². The van der Waals surface area contributed by atoms with Gasteiger partial charge in [0.1, 0.15) is 13.2 Å². The molecule has 0 aliphatic heterocycles. The van der Waals surface area contributed by atoms with Gasteiger partial charge in [0, 0.05) is 6.61 Å². The van der Waals surface area contributed by atoms with E-state index in [0.717, 1.165) is 24.1 Å². The fourth-order valence-electron chi connectivity index (χ4n) is 4.04. The molecule has 6 nitrogen and oxygen atoms in total. The van der Waals surface area contributed by atoms with Gasteiger partial charge in [-0.15, -0.1) is 0 Å². The quantitative estimate of drug-likeness (QED) is 0.0869. The van der Waals surface area contributed by atoms with Crippen molar-refractivity contribution in [1.82, 2.24) is 0 Å². The summed E-state index contributed by atoms with van der Waals surface area (Å²) in [5.41, 5.74) is 0. The van der Waals surface area contributed by atoms with Crippen molar-refractivity contribution < 1.29 is 40.9 Å². The minimum absolute atomic E-state index is 0. The number of aliphatic hydroxyl groups is 1. The van der Waals surface area contributed by atoms with Gasteiger partial charge in [-0.3, -0.25) is 0 Å². The summed E-state index contributed by atoms with van der Waals surface area (Å²) in [6, 6.07) is 0. The molecule has 0 saturated carbocycles. The maximum Gasteiger partial charge on any atom is 0.186 e. The Balaban J connectivity index is 0.